The lowest BCUT2D eigenvalue weighted by Gasteiger charge is -2.10. The summed E-state index contributed by atoms with van der Waals surface area (Å²) in [6.07, 6.45) is 3.58. The van der Waals surface area contributed by atoms with E-state index in [-0.39, 0.29) is 17.7 Å². The van der Waals surface area contributed by atoms with E-state index in [1.807, 2.05) is 32.0 Å². The van der Waals surface area contributed by atoms with Gasteiger partial charge in [-0.15, -0.1) is 0 Å². The second-order valence-electron chi connectivity index (χ2n) is 6.07. The number of hydrogen-bond acceptors (Lipinski definition) is 7. The number of hydrogen-bond donors (Lipinski definition) is 2. The van der Waals surface area contributed by atoms with Crippen LogP contribution in [0.15, 0.2) is 35.7 Å². The normalized spacial score (nSPS) is 11.1. The molecule has 9 heteroatoms. The number of nitrogens with one attached hydrogen (secondary N) is 1. The summed E-state index contributed by atoms with van der Waals surface area (Å²) in [5.74, 6) is 1.02. The number of nitrogens with zero attached hydrogens (tertiary/aromatic N) is 4. The lowest BCUT2D eigenvalue weighted by Crippen LogP contribution is -2.29. The molecule has 1 aromatic carbocycles. The van der Waals surface area contributed by atoms with E-state index < -0.39 is 0 Å². The minimum Gasteiger partial charge on any atom is -0.438 e. The largest absolute Gasteiger partial charge is 0.438 e. The van der Waals surface area contributed by atoms with Gasteiger partial charge in [0.1, 0.15) is 30.6 Å². The van der Waals surface area contributed by atoms with Crippen LogP contribution in [0.3, 0.4) is 0 Å². The molecule has 9 nitrogen and oxygen atoms in total. The Morgan fingerprint density at radius 3 is 2.93 bits per heavy atom. The first-order valence-electron chi connectivity index (χ1n) is 8.80. The number of aromatic nitrogens is 3. The second kappa shape index (κ2) is 8.38. The summed E-state index contributed by atoms with van der Waals surface area (Å²) in [4.78, 5) is 25.2. The molecule has 3 aromatic rings. The van der Waals surface area contributed by atoms with Crippen LogP contribution in [0.5, 0.6) is 11.6 Å². The number of oxime groups is 1. The Morgan fingerprint density at radius 1 is 1.36 bits per heavy atom. The molecule has 0 bridgehead atoms. The first-order valence-corrected chi connectivity index (χ1v) is 8.80. The van der Waals surface area contributed by atoms with E-state index in [0.29, 0.717) is 17.9 Å². The standard InChI is InChI=1S/C19H22N6O3/c1-4-7-21-19(26)25-12(2)8-13-9-14(5-6-16(13)25)28-18-15(10-24-27-3)17(20)22-11-23-18/h5-6,8-11H,4,7H2,1-3H3,(H,21,26)(H2,20,22,23). The number of nitrogens with two attached hydrogens (primary N) is 1. The number of carbonyl (C=O) groups excluding carboxylic acids is 1. The molecule has 146 valence electrons. The summed E-state index contributed by atoms with van der Waals surface area (Å²) in [7, 11) is 1.43. The fourth-order valence-corrected chi connectivity index (χ4v) is 2.79. The Balaban J connectivity index is 1.94. The third-order valence-electron chi connectivity index (χ3n) is 4.07. The molecule has 2 aromatic heterocycles. The van der Waals surface area contributed by atoms with Crippen molar-refractivity contribution < 1.29 is 14.4 Å². The molecule has 0 saturated heterocycles. The molecule has 1 amide bonds. The summed E-state index contributed by atoms with van der Waals surface area (Å²) in [5.41, 5.74) is 7.92. The summed E-state index contributed by atoms with van der Waals surface area (Å²) < 4.78 is 7.53. The van der Waals surface area contributed by atoms with E-state index in [1.165, 1.54) is 19.7 Å². The van der Waals surface area contributed by atoms with Crippen molar-refractivity contribution in [2.24, 2.45) is 5.16 Å². The fourth-order valence-electron chi connectivity index (χ4n) is 2.79. The number of benzene rings is 1. The highest BCUT2D eigenvalue weighted by atomic mass is 16.6. The van der Waals surface area contributed by atoms with Gasteiger partial charge in [-0.2, -0.15) is 0 Å². The van der Waals surface area contributed by atoms with Gasteiger partial charge in [0.05, 0.1) is 11.7 Å². The fraction of sp³-hybridized carbons (Fsp3) is 0.263. The highest BCUT2D eigenvalue weighted by molar-refractivity contribution is 5.93. The zero-order chi connectivity index (χ0) is 20.1. The summed E-state index contributed by atoms with van der Waals surface area (Å²) >= 11 is 0. The third-order valence-corrected chi connectivity index (χ3v) is 4.07. The van der Waals surface area contributed by atoms with Gasteiger partial charge in [-0.05, 0) is 37.6 Å². The Labute approximate surface area is 162 Å². The van der Waals surface area contributed by atoms with E-state index in [9.17, 15) is 4.79 Å². The molecule has 0 fully saturated rings. The topological polar surface area (TPSA) is 117 Å². The van der Waals surface area contributed by atoms with Crippen LogP contribution in [-0.2, 0) is 4.84 Å². The summed E-state index contributed by atoms with van der Waals surface area (Å²) in [5, 5.41) is 7.46. The minimum absolute atomic E-state index is 0.148. The molecule has 3 N–H and O–H groups in total. The van der Waals surface area contributed by atoms with Crippen molar-refractivity contribution in [3.63, 3.8) is 0 Å². The molecular formula is C19H22N6O3. The van der Waals surface area contributed by atoms with Crippen LogP contribution in [0.25, 0.3) is 10.9 Å². The SMILES string of the molecule is CCCNC(=O)n1c(C)cc2cc(Oc3ncnc(N)c3C=NOC)ccc21. The molecule has 0 aliphatic carbocycles. The van der Waals surface area contributed by atoms with Crippen LogP contribution in [0, 0.1) is 6.92 Å². The maximum absolute atomic E-state index is 12.4. The monoisotopic (exact) mass is 382 g/mol. The third kappa shape index (κ3) is 3.88. The number of anilines is 1. The molecule has 0 aliphatic heterocycles. The minimum atomic E-state index is -0.148. The molecule has 28 heavy (non-hydrogen) atoms. The van der Waals surface area contributed by atoms with Crippen molar-refractivity contribution in [1.82, 2.24) is 19.9 Å². The van der Waals surface area contributed by atoms with Gasteiger partial charge in [-0.25, -0.2) is 14.8 Å². The molecule has 0 aliphatic rings. The zero-order valence-corrected chi connectivity index (χ0v) is 16.0. The highest BCUT2D eigenvalue weighted by Gasteiger charge is 2.14. The number of aryl methyl sites for hydroxylation is 1. The molecule has 3 rings (SSSR count). The van der Waals surface area contributed by atoms with Crippen molar-refractivity contribution >= 4 is 29.0 Å². The predicted molar refractivity (Wildman–Crippen MR) is 107 cm³/mol. The van der Waals surface area contributed by atoms with Crippen LogP contribution in [0.1, 0.15) is 24.6 Å². The van der Waals surface area contributed by atoms with E-state index in [2.05, 4.69) is 20.4 Å². The zero-order valence-electron chi connectivity index (χ0n) is 16.0. The number of amides is 1. The molecule has 0 unspecified atom stereocenters. The predicted octanol–water partition coefficient (Wildman–Crippen LogP) is 3.06. The smallest absolute Gasteiger partial charge is 0.326 e. The number of nitrogen functional groups attached to an aromatic ring is 1. The van der Waals surface area contributed by atoms with E-state index >= 15 is 0 Å². The molecule has 0 atom stereocenters. The first kappa shape index (κ1) is 19.2. The lowest BCUT2D eigenvalue weighted by molar-refractivity contribution is 0.215. The maximum Gasteiger partial charge on any atom is 0.326 e. The lowest BCUT2D eigenvalue weighted by atomic mass is 10.2. The van der Waals surface area contributed by atoms with Crippen LogP contribution in [0.2, 0.25) is 0 Å². The van der Waals surface area contributed by atoms with E-state index in [0.717, 1.165) is 23.0 Å². The van der Waals surface area contributed by atoms with Gasteiger partial charge >= 0.3 is 6.03 Å². The van der Waals surface area contributed by atoms with Gasteiger partial charge in [0, 0.05) is 17.6 Å². The van der Waals surface area contributed by atoms with E-state index in [1.54, 1.807) is 10.6 Å². The molecule has 0 spiro atoms. The molecule has 2 heterocycles. The van der Waals surface area contributed by atoms with Crippen molar-refractivity contribution in [1.29, 1.82) is 0 Å². The van der Waals surface area contributed by atoms with Gasteiger partial charge in [0.25, 0.3) is 0 Å². The molecular weight excluding hydrogens is 360 g/mol. The Morgan fingerprint density at radius 2 is 2.18 bits per heavy atom. The van der Waals surface area contributed by atoms with E-state index in [4.69, 9.17) is 15.3 Å². The van der Waals surface area contributed by atoms with Gasteiger partial charge < -0.3 is 20.6 Å². The average Bonchev–Trinajstić information content (AvgIpc) is 3.00. The van der Waals surface area contributed by atoms with Crippen LogP contribution >= 0.6 is 0 Å². The van der Waals surface area contributed by atoms with Crippen molar-refractivity contribution in [2.45, 2.75) is 20.3 Å². The average molecular weight is 382 g/mol. The van der Waals surface area contributed by atoms with Gasteiger partial charge in [-0.1, -0.05) is 12.1 Å². The second-order valence-corrected chi connectivity index (χ2v) is 6.07. The van der Waals surface area contributed by atoms with Gasteiger partial charge in [0.2, 0.25) is 5.88 Å². The number of rotatable bonds is 6. The van der Waals surface area contributed by atoms with Crippen LogP contribution in [-0.4, -0.2) is 40.4 Å². The van der Waals surface area contributed by atoms with Crippen LogP contribution < -0.4 is 15.8 Å². The Hall–Kier alpha value is -3.62. The summed E-state index contributed by atoms with van der Waals surface area (Å²) in [6.45, 7) is 4.52. The van der Waals surface area contributed by atoms with Crippen molar-refractivity contribution in [3.05, 3.63) is 41.9 Å². The van der Waals surface area contributed by atoms with Crippen molar-refractivity contribution in [2.75, 3.05) is 19.4 Å². The Kier molecular flexibility index (Phi) is 5.73. The number of ether oxygens (including phenoxy) is 1. The summed E-state index contributed by atoms with van der Waals surface area (Å²) in [6, 6.07) is 7.21. The first-order chi connectivity index (χ1) is 13.5. The maximum atomic E-state index is 12.4. The Bertz CT molecular complexity index is 1030. The van der Waals surface area contributed by atoms with Gasteiger partial charge in [-0.3, -0.25) is 4.57 Å². The highest BCUT2D eigenvalue weighted by Crippen LogP contribution is 2.29. The molecule has 0 saturated carbocycles. The van der Waals surface area contributed by atoms with Gasteiger partial charge in [0.15, 0.2) is 0 Å². The molecule has 0 radical (unpaired) electrons. The number of carbonyl (C=O) groups is 1. The van der Waals surface area contributed by atoms with Crippen LogP contribution in [0.4, 0.5) is 10.6 Å². The quantitative estimate of drug-likeness (QED) is 0.500. The number of fused-ring (bicyclic) bond motifs is 1. The van der Waals surface area contributed by atoms with Crippen molar-refractivity contribution in [3.8, 4) is 11.6 Å².